The lowest BCUT2D eigenvalue weighted by Crippen LogP contribution is -2.35. The summed E-state index contributed by atoms with van der Waals surface area (Å²) in [5.41, 5.74) is 6.26. The number of methoxy groups -OCH3 is 1. The summed E-state index contributed by atoms with van der Waals surface area (Å²) in [5.74, 6) is -0.723. The van der Waals surface area contributed by atoms with E-state index in [9.17, 15) is 12.8 Å². The summed E-state index contributed by atoms with van der Waals surface area (Å²) < 4.78 is 44.6. The quantitative estimate of drug-likeness (QED) is 0.673. The van der Waals surface area contributed by atoms with Crippen LogP contribution in [0.25, 0.3) is 0 Å². The first-order chi connectivity index (χ1) is 9.46. The maximum Gasteiger partial charge on any atom is 0.245 e. The maximum atomic E-state index is 13.4. The monoisotopic (exact) mass is 300 g/mol. The van der Waals surface area contributed by atoms with Gasteiger partial charge in [0.1, 0.15) is 10.7 Å². The van der Waals surface area contributed by atoms with Crippen LogP contribution in [0.3, 0.4) is 0 Å². The van der Waals surface area contributed by atoms with E-state index in [1.807, 2.05) is 6.08 Å². The molecule has 0 saturated carbocycles. The number of sulfonamides is 1. The second-order valence-electron chi connectivity index (χ2n) is 4.56. The molecular weight excluding hydrogens is 283 g/mol. The lowest BCUT2D eigenvalue weighted by atomic mass is 10.1. The number of para-hydroxylation sites is 1. The second kappa shape index (κ2) is 5.90. The van der Waals surface area contributed by atoms with Gasteiger partial charge < -0.3 is 10.5 Å². The van der Waals surface area contributed by atoms with Gasteiger partial charge >= 0.3 is 0 Å². The average Bonchev–Trinajstić information content (AvgIpc) is 2.42. The maximum absolute atomic E-state index is 13.4. The number of rotatable bonds is 4. The van der Waals surface area contributed by atoms with Crippen molar-refractivity contribution < 1.29 is 17.5 Å². The zero-order chi connectivity index (χ0) is 14.8. The molecule has 0 bridgehead atoms. The van der Waals surface area contributed by atoms with E-state index in [1.165, 1.54) is 16.4 Å². The number of nitrogens with two attached hydrogens (primary N) is 1. The van der Waals surface area contributed by atoms with Gasteiger partial charge in [-0.05, 0) is 24.1 Å². The molecule has 0 saturated heterocycles. The molecule has 0 unspecified atom stereocenters. The molecular formula is C13H17FN2O3S. The number of anilines is 1. The summed E-state index contributed by atoms with van der Waals surface area (Å²) in [6.45, 7) is 1.08. The van der Waals surface area contributed by atoms with Gasteiger partial charge in [-0.2, -0.15) is 4.31 Å². The first kappa shape index (κ1) is 15.0. The molecule has 1 heterocycles. The summed E-state index contributed by atoms with van der Waals surface area (Å²) in [6.07, 6.45) is 2.42. The third-order valence-electron chi connectivity index (χ3n) is 3.23. The number of ether oxygens (including phenoxy) is 1. The van der Waals surface area contributed by atoms with Crippen molar-refractivity contribution in [2.75, 3.05) is 32.5 Å². The summed E-state index contributed by atoms with van der Waals surface area (Å²) in [4.78, 5) is -0.180. The van der Waals surface area contributed by atoms with Crippen molar-refractivity contribution in [3.05, 3.63) is 35.7 Å². The van der Waals surface area contributed by atoms with E-state index in [2.05, 4.69) is 0 Å². The molecule has 0 spiro atoms. The molecule has 1 aromatic rings. The van der Waals surface area contributed by atoms with E-state index in [4.69, 9.17) is 10.5 Å². The van der Waals surface area contributed by atoms with Crippen LogP contribution in [0, 0.1) is 5.82 Å². The number of hydrogen-bond donors (Lipinski definition) is 1. The lowest BCUT2D eigenvalue weighted by Gasteiger charge is -2.26. The zero-order valence-corrected chi connectivity index (χ0v) is 12.0. The van der Waals surface area contributed by atoms with E-state index in [0.717, 1.165) is 11.6 Å². The van der Waals surface area contributed by atoms with Crippen LogP contribution >= 0.6 is 0 Å². The summed E-state index contributed by atoms with van der Waals surface area (Å²) in [6, 6.07) is 3.80. The largest absolute Gasteiger partial charge is 0.395 e. The number of benzene rings is 1. The molecule has 20 heavy (non-hydrogen) atoms. The van der Waals surface area contributed by atoms with Crippen LogP contribution in [-0.4, -0.2) is 39.5 Å². The van der Waals surface area contributed by atoms with Gasteiger partial charge in [-0.3, -0.25) is 0 Å². The fourth-order valence-electron chi connectivity index (χ4n) is 2.11. The average molecular weight is 300 g/mol. The van der Waals surface area contributed by atoms with Gasteiger partial charge in [0.05, 0.1) is 12.3 Å². The minimum absolute atomic E-state index is 0.180. The summed E-state index contributed by atoms with van der Waals surface area (Å²) >= 11 is 0. The number of halogens is 1. The third-order valence-corrected chi connectivity index (χ3v) is 5.15. The lowest BCUT2D eigenvalue weighted by molar-refractivity contribution is 0.219. The number of hydrogen-bond acceptors (Lipinski definition) is 4. The second-order valence-corrected chi connectivity index (χ2v) is 6.47. The van der Waals surface area contributed by atoms with Crippen LogP contribution in [-0.2, 0) is 14.8 Å². The molecule has 0 aromatic heterocycles. The molecule has 7 heteroatoms. The highest BCUT2D eigenvalue weighted by molar-refractivity contribution is 7.89. The summed E-state index contributed by atoms with van der Waals surface area (Å²) in [5, 5.41) is 0. The molecule has 1 aliphatic heterocycles. The molecule has 1 aromatic carbocycles. The Labute approximate surface area is 117 Å². The molecule has 2 N–H and O–H groups in total. The Morgan fingerprint density at radius 3 is 2.80 bits per heavy atom. The van der Waals surface area contributed by atoms with Crippen LogP contribution in [0.4, 0.5) is 10.1 Å². The smallest absolute Gasteiger partial charge is 0.245 e. The van der Waals surface area contributed by atoms with Crippen molar-refractivity contribution in [3.8, 4) is 0 Å². The highest BCUT2D eigenvalue weighted by atomic mass is 32.2. The van der Waals surface area contributed by atoms with Crippen molar-refractivity contribution in [1.82, 2.24) is 4.31 Å². The molecule has 2 rings (SSSR count). The molecule has 0 radical (unpaired) electrons. The van der Waals surface area contributed by atoms with Crippen molar-refractivity contribution >= 4 is 15.7 Å². The number of nitrogens with zero attached hydrogens (tertiary/aromatic N) is 1. The van der Waals surface area contributed by atoms with Gasteiger partial charge in [0, 0.05) is 20.2 Å². The zero-order valence-electron chi connectivity index (χ0n) is 11.2. The SMILES string of the molecule is COCC1=CCN(S(=O)(=O)c2cccc(F)c2N)CC1. The summed E-state index contributed by atoms with van der Waals surface area (Å²) in [7, 11) is -2.18. The van der Waals surface area contributed by atoms with Crippen LogP contribution in [0.2, 0.25) is 0 Å². The standard InChI is InChI=1S/C13H17FN2O3S/c1-19-9-10-5-7-16(8-6-10)20(17,18)12-4-2-3-11(14)13(12)15/h2-5H,6-9,15H2,1H3. The Morgan fingerprint density at radius 2 is 2.20 bits per heavy atom. The number of nitrogen functional groups attached to an aromatic ring is 1. The Hall–Kier alpha value is -1.44. The van der Waals surface area contributed by atoms with E-state index < -0.39 is 15.8 Å². The van der Waals surface area contributed by atoms with Crippen LogP contribution in [0.5, 0.6) is 0 Å². The first-order valence-corrected chi connectivity index (χ1v) is 7.62. The van der Waals surface area contributed by atoms with Crippen LogP contribution < -0.4 is 5.73 Å². The van der Waals surface area contributed by atoms with E-state index >= 15 is 0 Å². The van der Waals surface area contributed by atoms with Crippen molar-refractivity contribution in [2.24, 2.45) is 0 Å². The topological polar surface area (TPSA) is 72.6 Å². The van der Waals surface area contributed by atoms with Gasteiger partial charge in [-0.1, -0.05) is 12.1 Å². The molecule has 0 amide bonds. The Kier molecular flexibility index (Phi) is 4.42. The Morgan fingerprint density at radius 1 is 1.45 bits per heavy atom. The van der Waals surface area contributed by atoms with Gasteiger partial charge in [0.15, 0.2) is 0 Å². The van der Waals surface area contributed by atoms with Crippen molar-refractivity contribution in [2.45, 2.75) is 11.3 Å². The van der Waals surface area contributed by atoms with Gasteiger partial charge in [-0.25, -0.2) is 12.8 Å². The normalized spacial score (nSPS) is 17.0. The van der Waals surface area contributed by atoms with Crippen LogP contribution in [0.15, 0.2) is 34.7 Å². The van der Waals surface area contributed by atoms with E-state index in [0.29, 0.717) is 19.6 Å². The van der Waals surface area contributed by atoms with Crippen molar-refractivity contribution in [1.29, 1.82) is 0 Å². The molecule has 110 valence electrons. The highest BCUT2D eigenvalue weighted by Gasteiger charge is 2.28. The molecule has 0 atom stereocenters. The minimum Gasteiger partial charge on any atom is -0.395 e. The molecule has 1 aliphatic rings. The van der Waals surface area contributed by atoms with Crippen LogP contribution in [0.1, 0.15) is 6.42 Å². The predicted molar refractivity (Wildman–Crippen MR) is 74.1 cm³/mol. The molecule has 5 nitrogen and oxygen atoms in total. The fourth-order valence-corrected chi connectivity index (χ4v) is 3.62. The Balaban J connectivity index is 2.26. The molecule has 0 fully saturated rings. The van der Waals surface area contributed by atoms with Crippen molar-refractivity contribution in [3.63, 3.8) is 0 Å². The highest BCUT2D eigenvalue weighted by Crippen LogP contribution is 2.26. The molecule has 0 aliphatic carbocycles. The van der Waals surface area contributed by atoms with Gasteiger partial charge in [-0.15, -0.1) is 0 Å². The van der Waals surface area contributed by atoms with Gasteiger partial charge in [0.25, 0.3) is 0 Å². The van der Waals surface area contributed by atoms with E-state index in [-0.39, 0.29) is 17.1 Å². The van der Waals surface area contributed by atoms with E-state index in [1.54, 1.807) is 7.11 Å². The Bertz CT molecular complexity index is 629. The first-order valence-electron chi connectivity index (χ1n) is 6.18. The van der Waals surface area contributed by atoms with Gasteiger partial charge in [0.2, 0.25) is 10.0 Å². The minimum atomic E-state index is -3.77. The third kappa shape index (κ3) is 2.84. The predicted octanol–water partition coefficient (Wildman–Crippen LogP) is 1.38. The fraction of sp³-hybridized carbons (Fsp3) is 0.385.